The van der Waals surface area contributed by atoms with Crippen molar-refractivity contribution >= 4 is 0 Å². The van der Waals surface area contributed by atoms with Crippen LogP contribution in [-0.2, 0) is 0 Å². The zero-order valence-corrected chi connectivity index (χ0v) is 5.88. The summed E-state index contributed by atoms with van der Waals surface area (Å²) < 4.78 is 0. The first-order valence-electron chi connectivity index (χ1n) is 3.27. The molecule has 2 heteroatoms. The highest BCUT2D eigenvalue weighted by atomic mass is 16.3. The van der Waals surface area contributed by atoms with Gasteiger partial charge in [-0.1, -0.05) is 17.9 Å². The molecule has 10 heavy (non-hydrogen) atoms. The second-order valence-electron chi connectivity index (χ2n) is 1.71. The molecule has 0 amide bonds. The Hall–Kier alpha value is -0.780. The van der Waals surface area contributed by atoms with Gasteiger partial charge in [-0.25, -0.2) is 0 Å². The van der Waals surface area contributed by atoms with Crippen molar-refractivity contribution in [2.24, 2.45) is 0 Å². The summed E-state index contributed by atoms with van der Waals surface area (Å²) in [6, 6.07) is 0. The van der Waals surface area contributed by atoms with E-state index in [1.807, 2.05) is 0 Å². The smallest absolute Gasteiger partial charge is 0.0540 e. The van der Waals surface area contributed by atoms with Crippen LogP contribution in [-0.4, -0.2) is 23.4 Å². The molecule has 0 aromatic carbocycles. The molecule has 0 aromatic rings. The van der Waals surface area contributed by atoms with E-state index in [2.05, 4.69) is 11.8 Å². The molecule has 0 atom stereocenters. The third-order valence-electron chi connectivity index (χ3n) is 0.836. The summed E-state index contributed by atoms with van der Waals surface area (Å²) in [5, 5.41) is 16.6. The van der Waals surface area contributed by atoms with Gasteiger partial charge in [0.25, 0.3) is 0 Å². The molecule has 0 fully saturated rings. The van der Waals surface area contributed by atoms with E-state index in [0.29, 0.717) is 12.8 Å². The molecule has 0 unspecified atom stereocenters. The maximum atomic E-state index is 8.33. The van der Waals surface area contributed by atoms with Crippen LogP contribution >= 0.6 is 0 Å². The topological polar surface area (TPSA) is 40.5 Å². The molecule has 0 heterocycles. The molecule has 0 saturated heterocycles. The van der Waals surface area contributed by atoms with Crippen molar-refractivity contribution in [3.63, 3.8) is 0 Å². The Morgan fingerprint density at radius 2 is 2.00 bits per heavy atom. The molecular weight excluding hydrogens is 128 g/mol. The van der Waals surface area contributed by atoms with Gasteiger partial charge in [0.15, 0.2) is 0 Å². The van der Waals surface area contributed by atoms with Crippen LogP contribution in [0, 0.1) is 11.8 Å². The average molecular weight is 140 g/mol. The Kier molecular flexibility index (Phi) is 7.58. The van der Waals surface area contributed by atoms with Gasteiger partial charge in [0.2, 0.25) is 0 Å². The van der Waals surface area contributed by atoms with Crippen molar-refractivity contribution in [1.29, 1.82) is 0 Å². The van der Waals surface area contributed by atoms with Gasteiger partial charge in [0.1, 0.15) is 0 Å². The summed E-state index contributed by atoms with van der Waals surface area (Å²) in [6.07, 6.45) is 4.65. The second kappa shape index (κ2) is 8.22. The fraction of sp³-hybridized carbons (Fsp3) is 0.500. The van der Waals surface area contributed by atoms with E-state index in [-0.39, 0.29) is 13.2 Å². The van der Waals surface area contributed by atoms with E-state index in [1.165, 1.54) is 0 Å². The zero-order chi connectivity index (χ0) is 7.66. The predicted molar refractivity (Wildman–Crippen MR) is 40.3 cm³/mol. The molecule has 0 radical (unpaired) electrons. The maximum Gasteiger partial charge on any atom is 0.0540 e. The first-order valence-corrected chi connectivity index (χ1v) is 3.27. The minimum Gasteiger partial charge on any atom is -0.396 e. The third kappa shape index (κ3) is 7.22. The Labute approximate surface area is 61.2 Å². The molecule has 0 aromatic heterocycles. The quantitative estimate of drug-likeness (QED) is 0.554. The van der Waals surface area contributed by atoms with Gasteiger partial charge < -0.3 is 10.2 Å². The molecule has 0 aliphatic heterocycles. The predicted octanol–water partition coefficient (Wildman–Crippen LogP) is 0.311. The molecule has 0 rings (SSSR count). The Balaban J connectivity index is 3.25. The lowest BCUT2D eigenvalue weighted by Crippen LogP contribution is -1.75. The summed E-state index contributed by atoms with van der Waals surface area (Å²) in [7, 11) is 0. The van der Waals surface area contributed by atoms with Crippen molar-refractivity contribution in [3.8, 4) is 11.8 Å². The van der Waals surface area contributed by atoms with Crippen molar-refractivity contribution < 1.29 is 10.2 Å². The number of aliphatic hydroxyl groups excluding tert-OH is 2. The van der Waals surface area contributed by atoms with Crippen molar-refractivity contribution in [2.45, 2.75) is 12.8 Å². The highest BCUT2D eigenvalue weighted by Gasteiger charge is 1.70. The fourth-order valence-corrected chi connectivity index (χ4v) is 0.404. The molecule has 56 valence electrons. The normalized spacial score (nSPS) is 9.40. The van der Waals surface area contributed by atoms with Crippen LogP contribution in [0.5, 0.6) is 0 Å². The lowest BCUT2D eigenvalue weighted by Gasteiger charge is -1.78. The Bertz CT molecular complexity index is 139. The van der Waals surface area contributed by atoms with Gasteiger partial charge in [-0.2, -0.15) is 0 Å². The van der Waals surface area contributed by atoms with Crippen LogP contribution in [0.25, 0.3) is 0 Å². The number of hydrogen-bond donors (Lipinski definition) is 2. The molecule has 0 spiro atoms. The molecule has 2 N–H and O–H groups in total. The monoisotopic (exact) mass is 140 g/mol. The molecule has 0 bridgehead atoms. The molecular formula is C8H12O2. The number of hydrogen-bond acceptors (Lipinski definition) is 2. The first kappa shape index (κ1) is 9.22. The number of aliphatic hydroxyl groups is 2. The number of allylic oxidation sites excluding steroid dienone is 1. The van der Waals surface area contributed by atoms with E-state index in [0.717, 1.165) is 0 Å². The van der Waals surface area contributed by atoms with Crippen LogP contribution in [0.4, 0.5) is 0 Å². The average Bonchev–Trinajstić information content (AvgIpc) is 1.97. The standard InChI is InChI=1S/C8H12O2/c9-7-5-3-1-2-4-6-8-10/h1,3,9-10H,5-8H2/b3-1-. The summed E-state index contributed by atoms with van der Waals surface area (Å²) in [5.74, 6) is 5.44. The van der Waals surface area contributed by atoms with Gasteiger partial charge in [-0.15, -0.1) is 0 Å². The van der Waals surface area contributed by atoms with Crippen molar-refractivity contribution in [2.75, 3.05) is 13.2 Å². The highest BCUT2D eigenvalue weighted by Crippen LogP contribution is 1.78. The summed E-state index contributed by atoms with van der Waals surface area (Å²) in [4.78, 5) is 0. The van der Waals surface area contributed by atoms with Gasteiger partial charge >= 0.3 is 0 Å². The van der Waals surface area contributed by atoms with Gasteiger partial charge in [0, 0.05) is 13.0 Å². The lowest BCUT2D eigenvalue weighted by atomic mass is 10.4. The molecule has 0 saturated carbocycles. The van der Waals surface area contributed by atoms with Crippen LogP contribution in [0.1, 0.15) is 12.8 Å². The fourth-order valence-electron chi connectivity index (χ4n) is 0.404. The van der Waals surface area contributed by atoms with E-state index in [4.69, 9.17) is 10.2 Å². The second-order valence-corrected chi connectivity index (χ2v) is 1.71. The van der Waals surface area contributed by atoms with Crippen LogP contribution in [0.2, 0.25) is 0 Å². The van der Waals surface area contributed by atoms with Crippen LogP contribution in [0.15, 0.2) is 12.2 Å². The van der Waals surface area contributed by atoms with Crippen LogP contribution in [0.3, 0.4) is 0 Å². The molecule has 2 nitrogen and oxygen atoms in total. The van der Waals surface area contributed by atoms with Gasteiger partial charge in [0.05, 0.1) is 6.61 Å². The summed E-state index contributed by atoms with van der Waals surface area (Å²) in [6.45, 7) is 0.277. The van der Waals surface area contributed by atoms with E-state index < -0.39 is 0 Å². The SMILES string of the molecule is OCCC#C/C=C\CCO. The molecule has 0 aliphatic rings. The summed E-state index contributed by atoms with van der Waals surface area (Å²) in [5.41, 5.74) is 0. The minimum atomic E-state index is 0.112. The first-order chi connectivity index (χ1) is 4.91. The van der Waals surface area contributed by atoms with E-state index >= 15 is 0 Å². The zero-order valence-electron chi connectivity index (χ0n) is 5.88. The lowest BCUT2D eigenvalue weighted by molar-refractivity contribution is 0.302. The van der Waals surface area contributed by atoms with E-state index in [1.54, 1.807) is 12.2 Å². The van der Waals surface area contributed by atoms with Gasteiger partial charge in [-0.3, -0.25) is 0 Å². The van der Waals surface area contributed by atoms with Crippen molar-refractivity contribution in [3.05, 3.63) is 12.2 Å². The van der Waals surface area contributed by atoms with Gasteiger partial charge in [-0.05, 0) is 12.5 Å². The molecule has 0 aliphatic carbocycles. The minimum absolute atomic E-state index is 0.112. The summed E-state index contributed by atoms with van der Waals surface area (Å²) >= 11 is 0. The Morgan fingerprint density at radius 1 is 1.20 bits per heavy atom. The third-order valence-corrected chi connectivity index (χ3v) is 0.836. The highest BCUT2D eigenvalue weighted by molar-refractivity contribution is 5.14. The van der Waals surface area contributed by atoms with Crippen LogP contribution < -0.4 is 0 Å². The van der Waals surface area contributed by atoms with E-state index in [9.17, 15) is 0 Å². The Morgan fingerprint density at radius 3 is 2.60 bits per heavy atom. The number of rotatable bonds is 3. The maximum absolute atomic E-state index is 8.33. The largest absolute Gasteiger partial charge is 0.396 e. The van der Waals surface area contributed by atoms with Crippen molar-refractivity contribution in [1.82, 2.24) is 0 Å².